The molecule has 0 heterocycles. The minimum absolute atomic E-state index is 0.134. The normalized spacial score (nSPS) is 10.2. The SMILES string of the molecule is CNCC(=O)N(C)CCc1cccc(C)c1. The number of hydrogen-bond acceptors (Lipinski definition) is 2. The second kappa shape index (κ2) is 6.28. The minimum atomic E-state index is 0.134. The summed E-state index contributed by atoms with van der Waals surface area (Å²) in [6, 6.07) is 8.40. The Labute approximate surface area is 97.5 Å². The van der Waals surface area contributed by atoms with E-state index in [0.717, 1.165) is 13.0 Å². The molecule has 3 heteroatoms. The number of nitrogens with zero attached hydrogens (tertiary/aromatic N) is 1. The number of amides is 1. The molecule has 1 rings (SSSR count). The lowest BCUT2D eigenvalue weighted by Crippen LogP contribution is -2.35. The third-order valence-corrected chi connectivity index (χ3v) is 2.57. The molecule has 1 N–H and O–H groups in total. The Morgan fingerprint density at radius 2 is 2.19 bits per heavy atom. The second-order valence-electron chi connectivity index (χ2n) is 4.08. The predicted octanol–water partition coefficient (Wildman–Crippen LogP) is 1.22. The molecule has 0 unspecified atom stereocenters. The Morgan fingerprint density at radius 3 is 2.81 bits per heavy atom. The summed E-state index contributed by atoms with van der Waals surface area (Å²) in [7, 11) is 3.63. The summed E-state index contributed by atoms with van der Waals surface area (Å²) in [6.45, 7) is 3.26. The monoisotopic (exact) mass is 220 g/mol. The standard InChI is InChI=1S/C13H20N2O/c1-11-5-4-6-12(9-11)7-8-15(3)13(16)10-14-2/h4-6,9,14H,7-8,10H2,1-3H3. The van der Waals surface area contributed by atoms with Crippen molar-refractivity contribution in [2.75, 3.05) is 27.2 Å². The molecule has 1 aromatic carbocycles. The van der Waals surface area contributed by atoms with Crippen molar-refractivity contribution in [3.05, 3.63) is 35.4 Å². The Balaban J connectivity index is 2.42. The van der Waals surface area contributed by atoms with Gasteiger partial charge in [0.05, 0.1) is 6.54 Å². The molecule has 0 saturated carbocycles. The summed E-state index contributed by atoms with van der Waals surface area (Å²) in [5.41, 5.74) is 2.55. The molecular formula is C13H20N2O. The third-order valence-electron chi connectivity index (χ3n) is 2.57. The highest BCUT2D eigenvalue weighted by atomic mass is 16.2. The zero-order valence-corrected chi connectivity index (χ0v) is 10.3. The molecule has 0 atom stereocenters. The van der Waals surface area contributed by atoms with Gasteiger partial charge in [-0.25, -0.2) is 0 Å². The second-order valence-corrected chi connectivity index (χ2v) is 4.08. The van der Waals surface area contributed by atoms with Gasteiger partial charge in [-0.15, -0.1) is 0 Å². The van der Waals surface area contributed by atoms with Crippen molar-refractivity contribution in [3.63, 3.8) is 0 Å². The molecule has 0 aromatic heterocycles. The van der Waals surface area contributed by atoms with Crippen molar-refractivity contribution < 1.29 is 4.79 Å². The fourth-order valence-corrected chi connectivity index (χ4v) is 1.58. The summed E-state index contributed by atoms with van der Waals surface area (Å²) < 4.78 is 0. The summed E-state index contributed by atoms with van der Waals surface area (Å²) >= 11 is 0. The van der Waals surface area contributed by atoms with Gasteiger partial charge < -0.3 is 10.2 Å². The van der Waals surface area contributed by atoms with Gasteiger partial charge in [0.1, 0.15) is 0 Å². The summed E-state index contributed by atoms with van der Waals surface area (Å²) in [4.78, 5) is 13.3. The van der Waals surface area contributed by atoms with Crippen molar-refractivity contribution in [3.8, 4) is 0 Å². The maximum atomic E-state index is 11.5. The highest BCUT2D eigenvalue weighted by Gasteiger charge is 2.06. The molecule has 16 heavy (non-hydrogen) atoms. The average molecular weight is 220 g/mol. The van der Waals surface area contributed by atoms with Crippen LogP contribution in [0.4, 0.5) is 0 Å². The lowest BCUT2D eigenvalue weighted by Gasteiger charge is -2.16. The largest absolute Gasteiger partial charge is 0.344 e. The molecule has 0 aliphatic rings. The van der Waals surface area contributed by atoms with Crippen LogP contribution < -0.4 is 5.32 Å². The van der Waals surface area contributed by atoms with Gasteiger partial charge in [-0.2, -0.15) is 0 Å². The molecule has 1 aromatic rings. The maximum Gasteiger partial charge on any atom is 0.236 e. The van der Waals surface area contributed by atoms with E-state index in [4.69, 9.17) is 0 Å². The number of aryl methyl sites for hydroxylation is 1. The van der Waals surface area contributed by atoms with Gasteiger partial charge >= 0.3 is 0 Å². The molecule has 0 saturated heterocycles. The van der Waals surface area contributed by atoms with E-state index < -0.39 is 0 Å². The summed E-state index contributed by atoms with van der Waals surface area (Å²) in [5, 5.41) is 2.86. The van der Waals surface area contributed by atoms with Crippen molar-refractivity contribution >= 4 is 5.91 Å². The van der Waals surface area contributed by atoms with Crippen LogP contribution in [0.3, 0.4) is 0 Å². The molecule has 3 nitrogen and oxygen atoms in total. The van der Waals surface area contributed by atoms with E-state index in [0.29, 0.717) is 6.54 Å². The van der Waals surface area contributed by atoms with E-state index in [1.807, 2.05) is 7.05 Å². The van der Waals surface area contributed by atoms with Crippen molar-refractivity contribution in [1.82, 2.24) is 10.2 Å². The third kappa shape index (κ3) is 4.03. The first-order chi connectivity index (χ1) is 7.63. The Hall–Kier alpha value is -1.35. The first kappa shape index (κ1) is 12.7. The number of carbonyl (C=O) groups excluding carboxylic acids is 1. The smallest absolute Gasteiger partial charge is 0.236 e. The Bertz CT molecular complexity index is 350. The van der Waals surface area contributed by atoms with Crippen LogP contribution in [-0.2, 0) is 11.2 Å². The Kier molecular flexibility index (Phi) is 4.99. The zero-order chi connectivity index (χ0) is 12.0. The Morgan fingerprint density at radius 1 is 1.44 bits per heavy atom. The van der Waals surface area contributed by atoms with E-state index in [9.17, 15) is 4.79 Å². The average Bonchev–Trinajstić information content (AvgIpc) is 2.26. The van der Waals surface area contributed by atoms with Crippen molar-refractivity contribution in [2.24, 2.45) is 0 Å². The fourth-order valence-electron chi connectivity index (χ4n) is 1.58. The number of nitrogens with one attached hydrogen (secondary N) is 1. The van der Waals surface area contributed by atoms with E-state index >= 15 is 0 Å². The summed E-state index contributed by atoms with van der Waals surface area (Å²) in [6.07, 6.45) is 0.910. The van der Waals surface area contributed by atoms with Gasteiger partial charge in [0.2, 0.25) is 5.91 Å². The molecule has 1 amide bonds. The number of carbonyl (C=O) groups is 1. The van der Waals surface area contributed by atoms with E-state index in [1.165, 1.54) is 11.1 Å². The molecule has 88 valence electrons. The maximum absolute atomic E-state index is 11.5. The predicted molar refractivity (Wildman–Crippen MR) is 66.4 cm³/mol. The van der Waals surface area contributed by atoms with Crippen molar-refractivity contribution in [1.29, 1.82) is 0 Å². The van der Waals surface area contributed by atoms with Gasteiger partial charge in [-0.05, 0) is 26.0 Å². The van der Waals surface area contributed by atoms with Crippen molar-refractivity contribution in [2.45, 2.75) is 13.3 Å². The highest BCUT2D eigenvalue weighted by Crippen LogP contribution is 2.05. The molecule has 0 aliphatic carbocycles. The molecular weight excluding hydrogens is 200 g/mol. The first-order valence-electron chi connectivity index (χ1n) is 5.57. The van der Waals surface area contributed by atoms with E-state index in [2.05, 4.69) is 36.5 Å². The van der Waals surface area contributed by atoms with E-state index in [1.54, 1.807) is 11.9 Å². The van der Waals surface area contributed by atoms with Gasteiger partial charge in [0.25, 0.3) is 0 Å². The quantitative estimate of drug-likeness (QED) is 0.809. The number of hydrogen-bond donors (Lipinski definition) is 1. The van der Waals surface area contributed by atoms with Gasteiger partial charge in [0, 0.05) is 13.6 Å². The van der Waals surface area contributed by atoms with Crippen LogP contribution in [0, 0.1) is 6.92 Å². The van der Waals surface area contributed by atoms with Gasteiger partial charge in [0.15, 0.2) is 0 Å². The molecule has 0 radical (unpaired) electrons. The number of rotatable bonds is 5. The molecule has 0 aliphatic heterocycles. The van der Waals surface area contributed by atoms with E-state index in [-0.39, 0.29) is 5.91 Å². The van der Waals surface area contributed by atoms with Crippen LogP contribution in [0.2, 0.25) is 0 Å². The van der Waals surface area contributed by atoms with Crippen LogP contribution >= 0.6 is 0 Å². The topological polar surface area (TPSA) is 32.3 Å². The minimum Gasteiger partial charge on any atom is -0.344 e. The van der Waals surface area contributed by atoms with Crippen LogP contribution in [0.15, 0.2) is 24.3 Å². The zero-order valence-electron chi connectivity index (χ0n) is 10.3. The first-order valence-corrected chi connectivity index (χ1v) is 5.57. The van der Waals surface area contributed by atoms with Gasteiger partial charge in [-0.1, -0.05) is 29.8 Å². The lowest BCUT2D eigenvalue weighted by molar-refractivity contribution is -0.128. The lowest BCUT2D eigenvalue weighted by atomic mass is 10.1. The molecule has 0 spiro atoms. The van der Waals surface area contributed by atoms with Crippen LogP contribution in [-0.4, -0.2) is 38.0 Å². The summed E-state index contributed by atoms with van der Waals surface area (Å²) in [5.74, 6) is 0.134. The fraction of sp³-hybridized carbons (Fsp3) is 0.462. The van der Waals surface area contributed by atoms with Gasteiger partial charge in [-0.3, -0.25) is 4.79 Å². The molecule has 0 bridgehead atoms. The van der Waals surface area contributed by atoms with Crippen LogP contribution in [0.5, 0.6) is 0 Å². The number of likely N-dealkylation sites (N-methyl/N-ethyl adjacent to an activating group) is 2. The molecule has 0 fully saturated rings. The van der Waals surface area contributed by atoms with Crippen LogP contribution in [0.25, 0.3) is 0 Å². The number of benzene rings is 1. The highest BCUT2D eigenvalue weighted by molar-refractivity contribution is 5.77. The van der Waals surface area contributed by atoms with Crippen LogP contribution in [0.1, 0.15) is 11.1 Å².